The Kier molecular flexibility index (Phi) is 3.09. The lowest BCUT2D eigenvalue weighted by molar-refractivity contribution is 0.0809. The Morgan fingerprint density at radius 1 is 1.46 bits per heavy atom. The predicted molar refractivity (Wildman–Crippen MR) is 54.1 cm³/mol. The Bertz CT molecular complexity index is 304. The van der Waals surface area contributed by atoms with Crippen molar-refractivity contribution >= 4 is 15.9 Å². The Balaban J connectivity index is 2.86. The number of rotatable bonds is 2. The van der Waals surface area contributed by atoms with E-state index in [1.807, 2.05) is 0 Å². The third-order valence-corrected chi connectivity index (χ3v) is 2.23. The van der Waals surface area contributed by atoms with Crippen LogP contribution in [0.15, 0.2) is 22.7 Å². The van der Waals surface area contributed by atoms with Crippen LogP contribution in [0.2, 0.25) is 0 Å². The minimum absolute atomic E-state index is 0.278. The molecule has 0 amide bonds. The van der Waals surface area contributed by atoms with Crippen LogP contribution in [0.1, 0.15) is 19.4 Å². The second-order valence-corrected chi connectivity index (χ2v) is 4.59. The van der Waals surface area contributed by atoms with Crippen molar-refractivity contribution in [3.63, 3.8) is 0 Å². The van der Waals surface area contributed by atoms with Crippen LogP contribution in [0.4, 0.5) is 4.39 Å². The first-order valence-corrected chi connectivity index (χ1v) is 4.84. The van der Waals surface area contributed by atoms with Crippen molar-refractivity contribution in [1.82, 2.24) is 0 Å². The van der Waals surface area contributed by atoms with E-state index in [4.69, 9.17) is 0 Å². The summed E-state index contributed by atoms with van der Waals surface area (Å²) in [5.74, 6) is -0.278. The lowest BCUT2D eigenvalue weighted by Gasteiger charge is -2.16. The van der Waals surface area contributed by atoms with Crippen LogP contribution in [0.5, 0.6) is 0 Å². The van der Waals surface area contributed by atoms with Gasteiger partial charge in [-0.3, -0.25) is 0 Å². The first-order chi connectivity index (χ1) is 5.88. The molecule has 0 aliphatic rings. The molecule has 0 aliphatic carbocycles. The molecule has 0 unspecified atom stereocenters. The Morgan fingerprint density at radius 3 is 2.54 bits per heavy atom. The standard InChI is InChI=1S/C10H12BrFO/c1-10(2,13)6-7-3-4-9(12)8(11)5-7/h3-5,13H,6H2,1-2H3. The second kappa shape index (κ2) is 3.76. The van der Waals surface area contributed by atoms with Crippen molar-refractivity contribution in [2.75, 3.05) is 0 Å². The molecule has 0 radical (unpaired) electrons. The van der Waals surface area contributed by atoms with Gasteiger partial charge in [0, 0.05) is 6.42 Å². The molecule has 0 aromatic heterocycles. The maximum Gasteiger partial charge on any atom is 0.137 e. The third-order valence-electron chi connectivity index (χ3n) is 1.62. The number of hydrogen-bond acceptors (Lipinski definition) is 1. The fourth-order valence-electron chi connectivity index (χ4n) is 1.15. The molecule has 0 heterocycles. The van der Waals surface area contributed by atoms with E-state index < -0.39 is 5.60 Å². The van der Waals surface area contributed by atoms with Gasteiger partial charge in [0.15, 0.2) is 0 Å². The fourth-order valence-corrected chi connectivity index (χ4v) is 1.58. The summed E-state index contributed by atoms with van der Waals surface area (Å²) in [6.45, 7) is 3.45. The highest BCUT2D eigenvalue weighted by Crippen LogP contribution is 2.19. The van der Waals surface area contributed by atoms with Crippen molar-refractivity contribution in [1.29, 1.82) is 0 Å². The molecule has 0 bridgehead atoms. The molecule has 0 saturated carbocycles. The highest BCUT2D eigenvalue weighted by atomic mass is 79.9. The van der Waals surface area contributed by atoms with Crippen molar-refractivity contribution in [3.05, 3.63) is 34.1 Å². The van der Waals surface area contributed by atoms with E-state index in [-0.39, 0.29) is 5.82 Å². The molecule has 3 heteroatoms. The van der Waals surface area contributed by atoms with Gasteiger partial charge < -0.3 is 5.11 Å². The summed E-state index contributed by atoms with van der Waals surface area (Å²) in [5, 5.41) is 9.52. The summed E-state index contributed by atoms with van der Waals surface area (Å²) in [4.78, 5) is 0. The highest BCUT2D eigenvalue weighted by Gasteiger charge is 2.13. The van der Waals surface area contributed by atoms with Crippen molar-refractivity contribution in [2.45, 2.75) is 25.9 Å². The normalized spacial score (nSPS) is 11.8. The van der Waals surface area contributed by atoms with Crippen LogP contribution < -0.4 is 0 Å². The molecule has 1 aromatic carbocycles. The van der Waals surface area contributed by atoms with E-state index in [0.717, 1.165) is 5.56 Å². The summed E-state index contributed by atoms with van der Waals surface area (Å²) < 4.78 is 13.3. The minimum atomic E-state index is -0.753. The van der Waals surface area contributed by atoms with Crippen LogP contribution in [-0.2, 0) is 6.42 Å². The Hall–Kier alpha value is -0.410. The van der Waals surface area contributed by atoms with Gasteiger partial charge >= 0.3 is 0 Å². The summed E-state index contributed by atoms with van der Waals surface area (Å²) >= 11 is 3.10. The fraction of sp³-hybridized carbons (Fsp3) is 0.400. The molecule has 1 aromatic rings. The number of aliphatic hydroxyl groups is 1. The third kappa shape index (κ3) is 3.44. The quantitative estimate of drug-likeness (QED) is 0.851. The molecule has 0 fully saturated rings. The van der Waals surface area contributed by atoms with E-state index >= 15 is 0 Å². The molecule has 0 saturated heterocycles. The largest absolute Gasteiger partial charge is 0.390 e. The Labute approximate surface area is 85.7 Å². The Morgan fingerprint density at radius 2 is 2.08 bits per heavy atom. The zero-order chi connectivity index (χ0) is 10.1. The summed E-state index contributed by atoms with van der Waals surface area (Å²) in [6, 6.07) is 4.76. The molecular weight excluding hydrogens is 235 g/mol. The topological polar surface area (TPSA) is 20.2 Å². The maximum atomic E-state index is 12.8. The molecule has 72 valence electrons. The van der Waals surface area contributed by atoms with Crippen LogP contribution in [-0.4, -0.2) is 10.7 Å². The summed E-state index contributed by atoms with van der Waals surface area (Å²) in [7, 11) is 0. The van der Waals surface area contributed by atoms with E-state index in [0.29, 0.717) is 10.9 Å². The highest BCUT2D eigenvalue weighted by molar-refractivity contribution is 9.10. The van der Waals surface area contributed by atoms with Gasteiger partial charge in [-0.15, -0.1) is 0 Å². The van der Waals surface area contributed by atoms with Crippen LogP contribution in [0, 0.1) is 5.82 Å². The number of hydrogen-bond donors (Lipinski definition) is 1. The zero-order valence-corrected chi connectivity index (χ0v) is 9.23. The van der Waals surface area contributed by atoms with Crippen LogP contribution >= 0.6 is 15.9 Å². The minimum Gasteiger partial charge on any atom is -0.390 e. The second-order valence-electron chi connectivity index (χ2n) is 3.74. The molecule has 1 N–H and O–H groups in total. The van der Waals surface area contributed by atoms with Crippen molar-refractivity contribution in [2.24, 2.45) is 0 Å². The molecule has 0 spiro atoms. The molecule has 1 rings (SSSR count). The average Bonchev–Trinajstić information content (AvgIpc) is 1.94. The van der Waals surface area contributed by atoms with E-state index in [1.54, 1.807) is 26.0 Å². The maximum absolute atomic E-state index is 12.8. The van der Waals surface area contributed by atoms with Crippen LogP contribution in [0.3, 0.4) is 0 Å². The average molecular weight is 247 g/mol. The van der Waals surface area contributed by atoms with Crippen molar-refractivity contribution in [3.8, 4) is 0 Å². The molecular formula is C10H12BrFO. The van der Waals surface area contributed by atoms with E-state index in [1.165, 1.54) is 6.07 Å². The number of benzene rings is 1. The summed E-state index contributed by atoms with van der Waals surface area (Å²) in [6.07, 6.45) is 0.520. The first kappa shape index (κ1) is 10.7. The molecule has 1 nitrogen and oxygen atoms in total. The van der Waals surface area contributed by atoms with Gasteiger partial charge in [-0.05, 0) is 47.5 Å². The van der Waals surface area contributed by atoms with Gasteiger partial charge in [-0.25, -0.2) is 4.39 Å². The zero-order valence-electron chi connectivity index (χ0n) is 7.64. The monoisotopic (exact) mass is 246 g/mol. The molecule has 0 aliphatic heterocycles. The van der Waals surface area contributed by atoms with Gasteiger partial charge in [0.05, 0.1) is 10.1 Å². The van der Waals surface area contributed by atoms with Gasteiger partial charge in [-0.1, -0.05) is 6.07 Å². The van der Waals surface area contributed by atoms with E-state index in [9.17, 15) is 9.50 Å². The predicted octanol–water partition coefficient (Wildman–Crippen LogP) is 2.90. The van der Waals surface area contributed by atoms with Gasteiger partial charge in [0.1, 0.15) is 5.82 Å². The van der Waals surface area contributed by atoms with Crippen molar-refractivity contribution < 1.29 is 9.50 Å². The first-order valence-electron chi connectivity index (χ1n) is 4.05. The number of halogens is 2. The lowest BCUT2D eigenvalue weighted by atomic mass is 9.99. The molecule has 13 heavy (non-hydrogen) atoms. The lowest BCUT2D eigenvalue weighted by Crippen LogP contribution is -2.21. The smallest absolute Gasteiger partial charge is 0.137 e. The molecule has 0 atom stereocenters. The van der Waals surface area contributed by atoms with Gasteiger partial charge in [0.2, 0.25) is 0 Å². The van der Waals surface area contributed by atoms with Crippen LogP contribution in [0.25, 0.3) is 0 Å². The summed E-state index contributed by atoms with van der Waals surface area (Å²) in [5.41, 5.74) is 0.165. The SMILES string of the molecule is CC(C)(O)Cc1ccc(F)c(Br)c1. The van der Waals surface area contributed by atoms with Gasteiger partial charge in [-0.2, -0.15) is 0 Å². The van der Waals surface area contributed by atoms with E-state index in [2.05, 4.69) is 15.9 Å². The van der Waals surface area contributed by atoms with Gasteiger partial charge in [0.25, 0.3) is 0 Å².